The molecule has 0 aliphatic heterocycles. The van der Waals surface area contributed by atoms with Crippen LogP contribution in [0.5, 0.6) is 0 Å². The van der Waals surface area contributed by atoms with Gasteiger partial charge in [0.2, 0.25) is 6.33 Å². The molecule has 0 fully saturated rings. The van der Waals surface area contributed by atoms with Crippen LogP contribution in [0.1, 0.15) is 0 Å². The third-order valence-corrected chi connectivity index (χ3v) is 0.0714. The van der Waals surface area contributed by atoms with Crippen molar-refractivity contribution < 1.29 is 30.2 Å². The monoisotopic (exact) mass is 144 g/mol. The molecule has 0 aliphatic carbocycles. The van der Waals surface area contributed by atoms with E-state index in [0.717, 1.165) is 0 Å². The molecule has 0 saturated heterocycles. The van der Waals surface area contributed by atoms with Crippen LogP contribution in [0.2, 0.25) is 0 Å². The van der Waals surface area contributed by atoms with Gasteiger partial charge in [-0.15, -0.1) is 0 Å². The van der Waals surface area contributed by atoms with E-state index < -0.39 is 6.08 Å². The van der Waals surface area contributed by atoms with Crippen LogP contribution in [0.15, 0.2) is 6.08 Å². The molecule has 40 valence electrons. The van der Waals surface area contributed by atoms with Crippen molar-refractivity contribution in [3.05, 3.63) is 12.4 Å². The second-order valence-electron chi connectivity index (χ2n) is 0.355. The number of halogens is 3. The largest absolute Gasteiger partial charge is 0.308 e. The van der Waals surface area contributed by atoms with E-state index >= 15 is 0 Å². The van der Waals surface area contributed by atoms with Crippen molar-refractivity contribution in [3.8, 4) is 0 Å². The molecule has 0 atom stereocenters. The van der Waals surface area contributed by atoms with Crippen LogP contribution in [-0.2, 0) is 17.1 Å². The van der Waals surface area contributed by atoms with Crippen molar-refractivity contribution in [3.63, 3.8) is 0 Å². The molecule has 6 heavy (non-hydrogen) atoms. The number of rotatable bonds is 0. The van der Waals surface area contributed by atoms with E-state index in [1.807, 2.05) is 0 Å². The van der Waals surface area contributed by atoms with Gasteiger partial charge < -0.3 is 0 Å². The zero-order valence-electron chi connectivity index (χ0n) is 2.44. The van der Waals surface area contributed by atoms with E-state index in [2.05, 4.69) is 0 Å². The first-order chi connectivity index (χ1) is 2.27. The van der Waals surface area contributed by atoms with Crippen LogP contribution < -0.4 is 0 Å². The van der Waals surface area contributed by atoms with Crippen LogP contribution in [0.3, 0.4) is 0 Å². The van der Waals surface area contributed by atoms with Crippen LogP contribution in [0.4, 0.5) is 13.2 Å². The molecule has 0 nitrogen and oxygen atoms in total. The fourth-order valence-corrected chi connectivity index (χ4v) is 0. The average Bonchev–Trinajstić information content (AvgIpc) is 1.38. The minimum atomic E-state index is -2.41. The second kappa shape index (κ2) is 5.05. The molecular formula is C2CuF3. The van der Waals surface area contributed by atoms with E-state index in [1.54, 1.807) is 0 Å². The van der Waals surface area contributed by atoms with Crippen molar-refractivity contribution in [2.45, 2.75) is 0 Å². The van der Waals surface area contributed by atoms with Crippen LogP contribution in [-0.4, -0.2) is 0 Å². The molecule has 0 saturated carbocycles. The molecule has 4 heteroatoms. The fourth-order valence-electron chi connectivity index (χ4n) is 0. The summed E-state index contributed by atoms with van der Waals surface area (Å²) >= 11 is 0. The van der Waals surface area contributed by atoms with E-state index in [9.17, 15) is 13.2 Å². The van der Waals surface area contributed by atoms with Gasteiger partial charge >= 0.3 is 6.08 Å². The van der Waals surface area contributed by atoms with Gasteiger partial charge in [-0.1, -0.05) is 0 Å². The summed E-state index contributed by atoms with van der Waals surface area (Å²) in [4.78, 5) is 0. The number of hydrogen-bond acceptors (Lipinski definition) is 0. The summed E-state index contributed by atoms with van der Waals surface area (Å²) in [7, 11) is 0. The zero-order valence-corrected chi connectivity index (χ0v) is 3.38. The molecule has 0 bridgehead atoms. The van der Waals surface area contributed by atoms with Gasteiger partial charge in [-0.25, -0.2) is 0 Å². The third-order valence-electron chi connectivity index (χ3n) is 0.0714. The Bertz CT molecular complexity index is 46.8. The van der Waals surface area contributed by atoms with Gasteiger partial charge in [0.1, 0.15) is 0 Å². The molecule has 0 N–H and O–H groups in total. The summed E-state index contributed by atoms with van der Waals surface area (Å²) in [6.45, 7) is 0. The Kier molecular flexibility index (Phi) is 7.92. The molecule has 0 spiro atoms. The van der Waals surface area contributed by atoms with Crippen molar-refractivity contribution in [1.82, 2.24) is 0 Å². The average molecular weight is 145 g/mol. The van der Waals surface area contributed by atoms with Crippen LogP contribution >= 0.6 is 0 Å². The standard InChI is InChI=1S/C2F3.Cu/c3-1-2(4)5;. The van der Waals surface area contributed by atoms with Crippen molar-refractivity contribution >= 4 is 0 Å². The van der Waals surface area contributed by atoms with E-state index in [0.29, 0.717) is 0 Å². The van der Waals surface area contributed by atoms with Gasteiger partial charge in [0, 0.05) is 17.1 Å². The topological polar surface area (TPSA) is 0 Å². The minimum Gasteiger partial charge on any atom is -0.198 e. The molecule has 0 aromatic heterocycles. The van der Waals surface area contributed by atoms with E-state index in [1.165, 1.54) is 0 Å². The van der Waals surface area contributed by atoms with Gasteiger partial charge in [-0.05, 0) is 0 Å². The molecule has 0 unspecified atom stereocenters. The van der Waals surface area contributed by atoms with Gasteiger partial charge in [0.05, 0.1) is 0 Å². The van der Waals surface area contributed by atoms with Gasteiger partial charge in [-0.3, -0.25) is 0 Å². The quantitative estimate of drug-likeness (QED) is 0.452. The smallest absolute Gasteiger partial charge is 0.198 e. The van der Waals surface area contributed by atoms with Crippen molar-refractivity contribution in [2.24, 2.45) is 0 Å². The Balaban J connectivity index is 0. The predicted molar refractivity (Wildman–Crippen MR) is 10.1 cm³/mol. The predicted octanol–water partition coefficient (Wildman–Crippen LogP) is 1.49. The molecule has 0 rings (SSSR count). The minimum absolute atomic E-state index is 0. The molecule has 0 amide bonds. The summed E-state index contributed by atoms with van der Waals surface area (Å²) in [6.07, 6.45) is -2.30. The SMILES string of the molecule is F[C]=C(F)F.[Cu]. The Hall–Kier alpha value is 0.0495. The van der Waals surface area contributed by atoms with Gasteiger partial charge in [-0.2, -0.15) is 13.2 Å². The first-order valence-corrected chi connectivity index (χ1v) is 0.817. The maximum absolute atomic E-state index is 10.2. The number of hydrogen-bond donors (Lipinski definition) is 0. The third kappa shape index (κ3) is 8.97. The van der Waals surface area contributed by atoms with Gasteiger partial charge in [0.25, 0.3) is 0 Å². The normalized spacial score (nSPS) is 5.83. The zero-order chi connectivity index (χ0) is 4.28. The Morgan fingerprint density at radius 3 is 1.50 bits per heavy atom. The first kappa shape index (κ1) is 9.41. The second-order valence-corrected chi connectivity index (χ2v) is 0.355. The van der Waals surface area contributed by atoms with Crippen LogP contribution in [0.25, 0.3) is 0 Å². The molecule has 0 aromatic rings. The Morgan fingerprint density at radius 1 is 1.33 bits per heavy atom. The molecule has 2 radical (unpaired) electrons. The summed E-state index contributed by atoms with van der Waals surface area (Å²) in [5, 5.41) is 0. The molecule has 0 heterocycles. The summed E-state index contributed by atoms with van der Waals surface area (Å²) < 4.78 is 30.5. The Labute approximate surface area is 43.5 Å². The maximum atomic E-state index is 10.2. The Morgan fingerprint density at radius 2 is 1.50 bits per heavy atom. The first-order valence-electron chi connectivity index (χ1n) is 0.817. The van der Waals surface area contributed by atoms with Gasteiger partial charge in [0.15, 0.2) is 0 Å². The van der Waals surface area contributed by atoms with E-state index in [4.69, 9.17) is 0 Å². The van der Waals surface area contributed by atoms with Crippen molar-refractivity contribution in [2.75, 3.05) is 0 Å². The van der Waals surface area contributed by atoms with Crippen molar-refractivity contribution in [1.29, 1.82) is 0 Å². The molecular weight excluding hydrogens is 145 g/mol. The molecule has 0 aliphatic rings. The molecule has 0 aromatic carbocycles. The fraction of sp³-hybridized carbons (Fsp3) is 0. The van der Waals surface area contributed by atoms with Crippen LogP contribution in [0, 0.1) is 6.33 Å². The van der Waals surface area contributed by atoms with E-state index in [-0.39, 0.29) is 23.4 Å². The summed E-state index contributed by atoms with van der Waals surface area (Å²) in [5.41, 5.74) is 0. The summed E-state index contributed by atoms with van der Waals surface area (Å²) in [5.74, 6) is 0. The maximum Gasteiger partial charge on any atom is 0.308 e. The summed E-state index contributed by atoms with van der Waals surface area (Å²) in [6, 6.07) is 0.